The molecule has 0 atom stereocenters. The van der Waals surface area contributed by atoms with Crippen LogP contribution in [0.4, 0.5) is 13.2 Å². The standard InChI is InChI=1S/C15H14F3NOS/c16-15(17,18)21-8-7-19-14(20)10-11-5-6-12-3-1-2-4-13(12)9-11/h1-6,9H,7-8,10H2,(H,19,20). The molecule has 2 rings (SSSR count). The van der Waals surface area contributed by atoms with Gasteiger partial charge in [-0.2, -0.15) is 13.2 Å². The molecule has 0 saturated heterocycles. The van der Waals surface area contributed by atoms with Gasteiger partial charge in [-0.1, -0.05) is 42.5 Å². The van der Waals surface area contributed by atoms with E-state index in [-0.39, 0.29) is 36.4 Å². The highest BCUT2D eigenvalue weighted by Gasteiger charge is 2.27. The second kappa shape index (κ2) is 6.85. The lowest BCUT2D eigenvalue weighted by Gasteiger charge is -2.07. The van der Waals surface area contributed by atoms with Gasteiger partial charge in [0.2, 0.25) is 5.91 Å². The maximum atomic E-state index is 11.9. The molecule has 21 heavy (non-hydrogen) atoms. The Morgan fingerprint density at radius 2 is 1.81 bits per heavy atom. The number of alkyl halides is 3. The molecule has 0 bridgehead atoms. The van der Waals surface area contributed by atoms with E-state index in [1.807, 2.05) is 42.5 Å². The fraction of sp³-hybridized carbons (Fsp3) is 0.267. The average Bonchev–Trinajstić information content (AvgIpc) is 2.42. The van der Waals surface area contributed by atoms with Crippen molar-refractivity contribution in [3.63, 3.8) is 0 Å². The molecule has 0 aliphatic heterocycles. The first kappa shape index (κ1) is 15.7. The van der Waals surface area contributed by atoms with Gasteiger partial charge in [-0.15, -0.1) is 0 Å². The first-order valence-electron chi connectivity index (χ1n) is 6.39. The highest BCUT2D eigenvalue weighted by atomic mass is 32.2. The van der Waals surface area contributed by atoms with Gasteiger partial charge in [-0.05, 0) is 28.1 Å². The van der Waals surface area contributed by atoms with Crippen molar-refractivity contribution in [2.24, 2.45) is 0 Å². The number of benzene rings is 2. The summed E-state index contributed by atoms with van der Waals surface area (Å²) in [5.74, 6) is -0.444. The van der Waals surface area contributed by atoms with Crippen LogP contribution < -0.4 is 5.32 Å². The fourth-order valence-corrected chi connectivity index (χ4v) is 2.39. The monoisotopic (exact) mass is 313 g/mol. The van der Waals surface area contributed by atoms with Crippen molar-refractivity contribution < 1.29 is 18.0 Å². The minimum atomic E-state index is -4.25. The van der Waals surface area contributed by atoms with Crippen LogP contribution in [0.1, 0.15) is 5.56 Å². The van der Waals surface area contributed by atoms with Crippen LogP contribution >= 0.6 is 11.8 Å². The number of halogens is 3. The molecule has 2 nitrogen and oxygen atoms in total. The lowest BCUT2D eigenvalue weighted by atomic mass is 10.1. The molecule has 0 saturated carbocycles. The summed E-state index contributed by atoms with van der Waals surface area (Å²) in [5.41, 5.74) is -3.40. The molecule has 0 aromatic heterocycles. The van der Waals surface area contributed by atoms with Crippen LogP contribution in [0.5, 0.6) is 0 Å². The number of nitrogens with one attached hydrogen (secondary N) is 1. The zero-order chi connectivity index (χ0) is 15.3. The summed E-state index contributed by atoms with van der Waals surface area (Å²) in [7, 11) is 0. The summed E-state index contributed by atoms with van der Waals surface area (Å²) in [6, 6.07) is 13.5. The van der Waals surface area contributed by atoms with E-state index in [2.05, 4.69) is 5.32 Å². The summed E-state index contributed by atoms with van der Waals surface area (Å²) in [6.07, 6.45) is 0.168. The van der Waals surface area contributed by atoms with Crippen molar-refractivity contribution in [2.45, 2.75) is 11.9 Å². The summed E-state index contributed by atoms with van der Waals surface area (Å²) in [5, 5.41) is 4.62. The van der Waals surface area contributed by atoms with Crippen LogP contribution in [0.2, 0.25) is 0 Å². The van der Waals surface area contributed by atoms with Gasteiger partial charge in [0, 0.05) is 12.3 Å². The van der Waals surface area contributed by atoms with Crippen LogP contribution in [0.15, 0.2) is 42.5 Å². The third-order valence-corrected chi connectivity index (χ3v) is 3.60. The van der Waals surface area contributed by atoms with Crippen LogP contribution in [0.3, 0.4) is 0 Å². The Balaban J connectivity index is 1.84. The summed E-state index contributed by atoms with van der Waals surface area (Å²) in [4.78, 5) is 11.7. The SMILES string of the molecule is O=C(Cc1ccc2ccccc2c1)NCCSC(F)(F)F. The number of carbonyl (C=O) groups excluding carboxylic acids is 1. The van der Waals surface area contributed by atoms with E-state index < -0.39 is 5.51 Å². The smallest absolute Gasteiger partial charge is 0.355 e. The normalized spacial score (nSPS) is 11.6. The van der Waals surface area contributed by atoms with Crippen LogP contribution in [-0.2, 0) is 11.2 Å². The quantitative estimate of drug-likeness (QED) is 0.852. The first-order valence-corrected chi connectivity index (χ1v) is 7.38. The second-order valence-corrected chi connectivity index (χ2v) is 5.66. The first-order chi connectivity index (χ1) is 9.94. The molecular weight excluding hydrogens is 299 g/mol. The highest BCUT2D eigenvalue weighted by Crippen LogP contribution is 2.29. The Bertz CT molecular complexity index is 628. The van der Waals surface area contributed by atoms with Gasteiger partial charge in [0.25, 0.3) is 0 Å². The summed E-state index contributed by atoms with van der Waals surface area (Å²) in [6.45, 7) is 0.0105. The van der Waals surface area contributed by atoms with Gasteiger partial charge in [0.1, 0.15) is 0 Å². The molecule has 0 unspecified atom stereocenters. The number of hydrogen-bond donors (Lipinski definition) is 1. The zero-order valence-corrected chi connectivity index (χ0v) is 11.9. The molecule has 0 fully saturated rings. The lowest BCUT2D eigenvalue weighted by molar-refractivity contribution is -0.120. The Labute approximate surface area is 124 Å². The molecule has 0 aliphatic carbocycles. The van der Waals surface area contributed by atoms with Crippen LogP contribution in [0.25, 0.3) is 10.8 Å². The molecule has 0 radical (unpaired) electrons. The number of amides is 1. The van der Waals surface area contributed by atoms with E-state index in [4.69, 9.17) is 0 Å². The minimum Gasteiger partial charge on any atom is -0.355 e. The molecule has 1 N–H and O–H groups in total. The third-order valence-electron chi connectivity index (χ3n) is 2.87. The number of rotatable bonds is 5. The molecule has 0 spiro atoms. The molecule has 2 aromatic rings. The van der Waals surface area contributed by atoms with Crippen molar-refractivity contribution in [3.05, 3.63) is 48.0 Å². The van der Waals surface area contributed by atoms with E-state index in [1.165, 1.54) is 0 Å². The van der Waals surface area contributed by atoms with Crippen molar-refractivity contribution in [1.29, 1.82) is 0 Å². The average molecular weight is 313 g/mol. The van der Waals surface area contributed by atoms with E-state index in [1.54, 1.807) is 0 Å². The van der Waals surface area contributed by atoms with Crippen molar-refractivity contribution in [1.82, 2.24) is 5.32 Å². The van der Waals surface area contributed by atoms with Crippen molar-refractivity contribution >= 4 is 28.4 Å². The fourth-order valence-electron chi connectivity index (χ4n) is 1.95. The van der Waals surface area contributed by atoms with Gasteiger partial charge >= 0.3 is 5.51 Å². The van der Waals surface area contributed by atoms with Gasteiger partial charge in [0.05, 0.1) is 6.42 Å². The van der Waals surface area contributed by atoms with E-state index in [0.717, 1.165) is 16.3 Å². The predicted octanol–water partition coefficient (Wildman–Crippen LogP) is 3.75. The molecule has 112 valence electrons. The Hall–Kier alpha value is -1.69. The van der Waals surface area contributed by atoms with Gasteiger partial charge < -0.3 is 5.32 Å². The largest absolute Gasteiger partial charge is 0.441 e. The zero-order valence-electron chi connectivity index (χ0n) is 11.1. The summed E-state index contributed by atoms with van der Waals surface area (Å²) < 4.78 is 35.8. The number of thioether (sulfide) groups is 1. The van der Waals surface area contributed by atoms with Gasteiger partial charge in [-0.25, -0.2) is 0 Å². The molecule has 0 heterocycles. The van der Waals surface area contributed by atoms with Gasteiger partial charge in [-0.3, -0.25) is 4.79 Å². The van der Waals surface area contributed by atoms with Crippen molar-refractivity contribution in [3.8, 4) is 0 Å². The predicted molar refractivity (Wildman–Crippen MR) is 79.2 cm³/mol. The van der Waals surface area contributed by atoms with Crippen LogP contribution in [0, 0.1) is 0 Å². The number of carbonyl (C=O) groups is 1. The number of fused-ring (bicyclic) bond motifs is 1. The minimum absolute atomic E-state index is 0.0105. The second-order valence-electron chi connectivity index (χ2n) is 4.50. The van der Waals surface area contributed by atoms with E-state index in [9.17, 15) is 18.0 Å². The molecule has 0 aliphatic rings. The molecule has 2 aromatic carbocycles. The summed E-state index contributed by atoms with van der Waals surface area (Å²) >= 11 is -0.131. The van der Waals surface area contributed by atoms with Crippen LogP contribution in [-0.4, -0.2) is 23.7 Å². The van der Waals surface area contributed by atoms with E-state index >= 15 is 0 Å². The molecule has 1 amide bonds. The topological polar surface area (TPSA) is 29.1 Å². The van der Waals surface area contributed by atoms with Crippen molar-refractivity contribution in [2.75, 3.05) is 12.3 Å². The third kappa shape index (κ3) is 5.30. The maximum Gasteiger partial charge on any atom is 0.441 e. The maximum absolute atomic E-state index is 11.9. The Morgan fingerprint density at radius 1 is 1.10 bits per heavy atom. The lowest BCUT2D eigenvalue weighted by Crippen LogP contribution is -2.27. The molecular formula is C15H14F3NOS. The Morgan fingerprint density at radius 3 is 2.52 bits per heavy atom. The Kier molecular flexibility index (Phi) is 5.12. The highest BCUT2D eigenvalue weighted by molar-refractivity contribution is 8.00. The number of hydrogen-bond acceptors (Lipinski definition) is 2. The van der Waals surface area contributed by atoms with E-state index in [0.29, 0.717) is 0 Å². The molecule has 6 heteroatoms. The van der Waals surface area contributed by atoms with Gasteiger partial charge in [0.15, 0.2) is 0 Å².